The second kappa shape index (κ2) is 5.15. The molecule has 6 heteroatoms. The van der Waals surface area contributed by atoms with Gasteiger partial charge in [0.25, 0.3) is 0 Å². The Labute approximate surface area is 132 Å². The van der Waals surface area contributed by atoms with Crippen molar-refractivity contribution >= 4 is 0 Å². The van der Waals surface area contributed by atoms with Crippen LogP contribution in [0.2, 0.25) is 0 Å². The van der Waals surface area contributed by atoms with Gasteiger partial charge in [-0.1, -0.05) is 0 Å². The molecular formula is C17H16O6. The lowest BCUT2D eigenvalue weighted by atomic mass is 9.99. The van der Waals surface area contributed by atoms with Gasteiger partial charge in [-0.2, -0.15) is 0 Å². The molecule has 2 aliphatic rings. The lowest BCUT2D eigenvalue weighted by Gasteiger charge is -2.28. The molecule has 0 spiro atoms. The van der Waals surface area contributed by atoms with E-state index in [4.69, 9.17) is 18.9 Å². The third kappa shape index (κ3) is 2.18. The van der Waals surface area contributed by atoms with E-state index in [0.717, 1.165) is 0 Å². The molecule has 2 N–H and O–H groups in total. The summed E-state index contributed by atoms with van der Waals surface area (Å²) in [5.41, 5.74) is 0.684. The number of rotatable bonds is 1. The molecule has 0 aliphatic carbocycles. The molecule has 0 radical (unpaired) electrons. The number of aromatic hydroxyl groups is 2. The van der Waals surface area contributed by atoms with E-state index >= 15 is 0 Å². The molecule has 4 rings (SSSR count). The van der Waals surface area contributed by atoms with Crippen LogP contribution in [0.15, 0.2) is 24.3 Å². The Balaban J connectivity index is 1.97. The van der Waals surface area contributed by atoms with Gasteiger partial charge in [0.1, 0.15) is 37.4 Å². The lowest BCUT2D eigenvalue weighted by molar-refractivity contribution is 0.104. The summed E-state index contributed by atoms with van der Waals surface area (Å²) in [5, 5.41) is 20.7. The Morgan fingerprint density at radius 2 is 1.43 bits per heavy atom. The van der Waals surface area contributed by atoms with Crippen LogP contribution in [0.4, 0.5) is 0 Å². The number of phenolic OH excluding ortho intramolecular Hbond substituents is 2. The molecule has 0 bridgehead atoms. The third-order valence-electron chi connectivity index (χ3n) is 3.83. The van der Waals surface area contributed by atoms with E-state index in [1.54, 1.807) is 12.1 Å². The summed E-state index contributed by atoms with van der Waals surface area (Å²) in [6.45, 7) is 3.06. The van der Waals surface area contributed by atoms with Crippen molar-refractivity contribution in [1.29, 1.82) is 0 Å². The van der Waals surface area contributed by atoms with Crippen LogP contribution in [0.25, 0.3) is 11.1 Å². The number of hydrogen-bond donors (Lipinski definition) is 2. The minimum atomic E-state index is -0.0854. The van der Waals surface area contributed by atoms with Crippen molar-refractivity contribution in [3.05, 3.63) is 24.3 Å². The summed E-state index contributed by atoms with van der Waals surface area (Å²) in [6.07, 6.45) is -0.0854. The van der Waals surface area contributed by atoms with Crippen molar-refractivity contribution in [3.8, 4) is 45.6 Å². The van der Waals surface area contributed by atoms with Gasteiger partial charge in [-0.15, -0.1) is 0 Å². The summed E-state index contributed by atoms with van der Waals surface area (Å²) in [4.78, 5) is 0. The largest absolute Gasteiger partial charge is 0.507 e. The minimum Gasteiger partial charge on any atom is -0.507 e. The molecule has 2 heterocycles. The number of ether oxygens (including phenoxy) is 4. The first-order chi connectivity index (χ1) is 11.1. The van der Waals surface area contributed by atoms with Gasteiger partial charge in [-0.05, 0) is 31.2 Å². The first kappa shape index (κ1) is 13.9. The predicted molar refractivity (Wildman–Crippen MR) is 81.8 cm³/mol. The highest BCUT2D eigenvalue weighted by Crippen LogP contribution is 2.54. The zero-order valence-electron chi connectivity index (χ0n) is 12.5. The van der Waals surface area contributed by atoms with Crippen LogP contribution in [0, 0.1) is 0 Å². The molecule has 0 fully saturated rings. The topological polar surface area (TPSA) is 77.4 Å². The molecule has 0 amide bonds. The number of hydrogen-bond acceptors (Lipinski definition) is 6. The molecule has 120 valence electrons. The van der Waals surface area contributed by atoms with Crippen LogP contribution in [0.1, 0.15) is 6.92 Å². The Bertz CT molecular complexity index is 770. The van der Waals surface area contributed by atoms with E-state index < -0.39 is 0 Å². The van der Waals surface area contributed by atoms with Gasteiger partial charge in [0.05, 0.1) is 11.1 Å². The molecule has 0 aromatic heterocycles. The van der Waals surface area contributed by atoms with E-state index in [1.807, 2.05) is 6.92 Å². The van der Waals surface area contributed by atoms with Gasteiger partial charge in [-0.3, -0.25) is 0 Å². The SMILES string of the molecule is CC1COc2c(ccc(O)c2-c2c(O)ccc3c2OCCO3)O1. The van der Waals surface area contributed by atoms with Gasteiger partial charge in [-0.25, -0.2) is 0 Å². The van der Waals surface area contributed by atoms with Crippen molar-refractivity contribution in [2.45, 2.75) is 13.0 Å². The molecular weight excluding hydrogens is 300 g/mol. The maximum Gasteiger partial charge on any atom is 0.173 e. The summed E-state index contributed by atoms with van der Waals surface area (Å²) in [5.74, 6) is 1.76. The standard InChI is InChI=1S/C17H16O6/c1-9-8-22-17-13(23-9)5-3-11(19)15(17)14-10(18)2-4-12-16(14)21-7-6-20-12/h2-5,9,18-19H,6-8H2,1H3. The quantitative estimate of drug-likeness (QED) is 0.842. The van der Waals surface area contributed by atoms with E-state index in [1.165, 1.54) is 12.1 Å². The molecule has 6 nitrogen and oxygen atoms in total. The third-order valence-corrected chi connectivity index (χ3v) is 3.83. The van der Waals surface area contributed by atoms with Crippen LogP contribution in [-0.4, -0.2) is 36.1 Å². The van der Waals surface area contributed by atoms with Crippen LogP contribution >= 0.6 is 0 Å². The van der Waals surface area contributed by atoms with Gasteiger partial charge in [0.15, 0.2) is 23.0 Å². The molecule has 2 aromatic carbocycles. The maximum absolute atomic E-state index is 10.4. The zero-order valence-corrected chi connectivity index (χ0v) is 12.5. The smallest absolute Gasteiger partial charge is 0.173 e. The van der Waals surface area contributed by atoms with Crippen LogP contribution in [-0.2, 0) is 0 Å². The number of phenols is 2. The van der Waals surface area contributed by atoms with Gasteiger partial charge in [0, 0.05) is 0 Å². The fraction of sp³-hybridized carbons (Fsp3) is 0.294. The van der Waals surface area contributed by atoms with Crippen molar-refractivity contribution in [2.24, 2.45) is 0 Å². The van der Waals surface area contributed by atoms with E-state index in [-0.39, 0.29) is 17.6 Å². The first-order valence-corrected chi connectivity index (χ1v) is 7.42. The number of fused-ring (bicyclic) bond motifs is 2. The van der Waals surface area contributed by atoms with Gasteiger partial charge >= 0.3 is 0 Å². The van der Waals surface area contributed by atoms with E-state index in [2.05, 4.69) is 0 Å². The van der Waals surface area contributed by atoms with Crippen LogP contribution in [0.3, 0.4) is 0 Å². The second-order valence-corrected chi connectivity index (χ2v) is 5.51. The highest BCUT2D eigenvalue weighted by Gasteiger charge is 2.29. The maximum atomic E-state index is 10.4. The van der Waals surface area contributed by atoms with Crippen molar-refractivity contribution in [3.63, 3.8) is 0 Å². The Morgan fingerprint density at radius 3 is 2.17 bits per heavy atom. The molecule has 0 saturated carbocycles. The minimum absolute atomic E-state index is 0.0276. The average Bonchev–Trinajstić information content (AvgIpc) is 2.56. The molecule has 1 atom stereocenters. The zero-order chi connectivity index (χ0) is 16.0. The first-order valence-electron chi connectivity index (χ1n) is 7.42. The summed E-state index contributed by atoms with van der Waals surface area (Å²) in [6, 6.07) is 6.30. The summed E-state index contributed by atoms with van der Waals surface area (Å²) < 4.78 is 22.7. The monoisotopic (exact) mass is 316 g/mol. The molecule has 2 aromatic rings. The van der Waals surface area contributed by atoms with Gasteiger partial charge < -0.3 is 29.2 Å². The Kier molecular flexibility index (Phi) is 3.11. The summed E-state index contributed by atoms with van der Waals surface area (Å²) >= 11 is 0. The Morgan fingerprint density at radius 1 is 0.826 bits per heavy atom. The predicted octanol–water partition coefficient (Wildman–Crippen LogP) is 2.70. The highest BCUT2D eigenvalue weighted by atomic mass is 16.6. The average molecular weight is 316 g/mol. The normalized spacial score (nSPS) is 18.6. The molecule has 0 saturated heterocycles. The fourth-order valence-electron chi connectivity index (χ4n) is 2.83. The fourth-order valence-corrected chi connectivity index (χ4v) is 2.83. The van der Waals surface area contributed by atoms with Crippen molar-refractivity contribution in [1.82, 2.24) is 0 Å². The molecule has 1 unspecified atom stereocenters. The van der Waals surface area contributed by atoms with Crippen molar-refractivity contribution in [2.75, 3.05) is 19.8 Å². The second-order valence-electron chi connectivity index (χ2n) is 5.51. The highest BCUT2D eigenvalue weighted by molar-refractivity contribution is 5.88. The van der Waals surface area contributed by atoms with Crippen LogP contribution < -0.4 is 18.9 Å². The van der Waals surface area contributed by atoms with Crippen LogP contribution in [0.5, 0.6) is 34.5 Å². The summed E-state index contributed by atoms with van der Waals surface area (Å²) in [7, 11) is 0. The lowest BCUT2D eigenvalue weighted by Crippen LogP contribution is -2.26. The van der Waals surface area contributed by atoms with Gasteiger partial charge in [0.2, 0.25) is 0 Å². The number of benzene rings is 2. The van der Waals surface area contributed by atoms with E-state index in [0.29, 0.717) is 53.9 Å². The van der Waals surface area contributed by atoms with Crippen molar-refractivity contribution < 1.29 is 29.2 Å². The molecule has 2 aliphatic heterocycles. The molecule has 23 heavy (non-hydrogen) atoms. The van der Waals surface area contributed by atoms with E-state index in [9.17, 15) is 10.2 Å². The Hall–Kier alpha value is -2.76.